The first kappa shape index (κ1) is 10.5. The van der Waals surface area contributed by atoms with Crippen molar-refractivity contribution in [2.24, 2.45) is 0 Å². The molecule has 72 valence electrons. The summed E-state index contributed by atoms with van der Waals surface area (Å²) in [4.78, 5) is 1.87. The van der Waals surface area contributed by atoms with Crippen LogP contribution in [0.25, 0.3) is 0 Å². The van der Waals surface area contributed by atoms with E-state index in [-0.39, 0.29) is 11.3 Å². The van der Waals surface area contributed by atoms with Crippen molar-refractivity contribution < 1.29 is 4.39 Å². The van der Waals surface area contributed by atoms with E-state index in [1.54, 1.807) is 19.1 Å². The van der Waals surface area contributed by atoms with E-state index in [0.29, 0.717) is 5.56 Å². The van der Waals surface area contributed by atoms with E-state index in [1.165, 1.54) is 6.07 Å². The van der Waals surface area contributed by atoms with Gasteiger partial charge in [-0.15, -0.1) is 11.6 Å². The van der Waals surface area contributed by atoms with Crippen molar-refractivity contribution in [3.63, 3.8) is 0 Å². The number of aryl methyl sites for hydroxylation is 1. The summed E-state index contributed by atoms with van der Waals surface area (Å²) < 4.78 is 12.9. The van der Waals surface area contributed by atoms with Gasteiger partial charge in [-0.3, -0.25) is 4.90 Å². The summed E-state index contributed by atoms with van der Waals surface area (Å²) in [7, 11) is 3.77. The smallest absolute Gasteiger partial charge is 0.126 e. The topological polar surface area (TPSA) is 3.24 Å². The van der Waals surface area contributed by atoms with Gasteiger partial charge in [-0.2, -0.15) is 0 Å². The Bertz CT molecular complexity index is 299. The molecule has 1 atom stereocenters. The summed E-state index contributed by atoms with van der Waals surface area (Å²) in [5.41, 5.74) is 1.36. The van der Waals surface area contributed by atoms with Gasteiger partial charge in [-0.05, 0) is 38.2 Å². The third kappa shape index (κ3) is 2.42. The quantitative estimate of drug-likeness (QED) is 0.525. The second kappa shape index (κ2) is 4.07. The second-order valence-corrected chi connectivity index (χ2v) is 3.72. The maximum atomic E-state index is 12.9. The molecule has 0 heterocycles. The summed E-state index contributed by atoms with van der Waals surface area (Å²) in [6.45, 7) is 1.73. The summed E-state index contributed by atoms with van der Waals surface area (Å²) in [6.07, 6.45) is 0. The fourth-order valence-corrected chi connectivity index (χ4v) is 1.25. The van der Waals surface area contributed by atoms with Crippen molar-refractivity contribution in [2.45, 2.75) is 12.4 Å². The molecular formula is C10H13ClFN. The number of nitrogens with zero attached hydrogens (tertiary/aromatic N) is 1. The van der Waals surface area contributed by atoms with E-state index in [9.17, 15) is 4.39 Å². The predicted octanol–water partition coefficient (Wildman–Crippen LogP) is 2.93. The summed E-state index contributed by atoms with van der Waals surface area (Å²) in [6, 6.07) is 4.93. The van der Waals surface area contributed by atoms with Gasteiger partial charge in [0.25, 0.3) is 0 Å². The number of halogens is 2. The minimum atomic E-state index is -0.195. The van der Waals surface area contributed by atoms with Gasteiger partial charge in [0.15, 0.2) is 0 Å². The van der Waals surface area contributed by atoms with Gasteiger partial charge >= 0.3 is 0 Å². The lowest BCUT2D eigenvalue weighted by Gasteiger charge is -2.18. The Morgan fingerprint density at radius 3 is 2.46 bits per heavy atom. The van der Waals surface area contributed by atoms with Crippen molar-refractivity contribution in [2.75, 3.05) is 14.1 Å². The second-order valence-electron chi connectivity index (χ2n) is 3.31. The van der Waals surface area contributed by atoms with Crippen molar-refractivity contribution >= 4 is 11.6 Å². The van der Waals surface area contributed by atoms with Crippen LogP contribution in [0.15, 0.2) is 18.2 Å². The molecule has 1 rings (SSSR count). The Labute approximate surface area is 83.1 Å². The molecule has 0 saturated heterocycles. The van der Waals surface area contributed by atoms with Gasteiger partial charge in [-0.1, -0.05) is 12.1 Å². The van der Waals surface area contributed by atoms with Crippen molar-refractivity contribution in [3.05, 3.63) is 35.1 Å². The molecule has 13 heavy (non-hydrogen) atoms. The predicted molar refractivity (Wildman–Crippen MR) is 53.4 cm³/mol. The van der Waals surface area contributed by atoms with Crippen LogP contribution in [0.2, 0.25) is 0 Å². The lowest BCUT2D eigenvalue weighted by atomic mass is 10.1. The van der Waals surface area contributed by atoms with E-state index in [1.807, 2.05) is 19.0 Å². The van der Waals surface area contributed by atoms with Crippen LogP contribution in [0.5, 0.6) is 0 Å². The standard InChI is InChI=1S/C10H13ClFN/c1-7-6-8(4-5-9(7)12)10(11)13(2)3/h4-6,10H,1-3H3. The Morgan fingerprint density at radius 2 is 2.00 bits per heavy atom. The molecule has 0 bridgehead atoms. The molecule has 3 heteroatoms. The Morgan fingerprint density at radius 1 is 1.38 bits per heavy atom. The van der Waals surface area contributed by atoms with Crippen molar-refractivity contribution in [1.82, 2.24) is 4.90 Å². The SMILES string of the molecule is Cc1cc(C(Cl)N(C)C)ccc1F. The van der Waals surface area contributed by atoms with Gasteiger partial charge in [0, 0.05) is 0 Å². The number of alkyl halides is 1. The molecule has 0 amide bonds. The number of hydrogen-bond acceptors (Lipinski definition) is 1. The molecule has 0 fully saturated rings. The zero-order valence-corrected chi connectivity index (χ0v) is 8.77. The average Bonchev–Trinajstić information content (AvgIpc) is 2.08. The van der Waals surface area contributed by atoms with E-state index >= 15 is 0 Å². The van der Waals surface area contributed by atoms with Crippen LogP contribution in [0.1, 0.15) is 16.6 Å². The molecule has 1 aromatic rings. The van der Waals surface area contributed by atoms with Crippen molar-refractivity contribution in [3.8, 4) is 0 Å². The van der Waals surface area contributed by atoms with Gasteiger partial charge in [0.2, 0.25) is 0 Å². The number of hydrogen-bond donors (Lipinski definition) is 0. The van der Waals surface area contributed by atoms with Crippen molar-refractivity contribution in [1.29, 1.82) is 0 Å². The molecule has 0 radical (unpaired) electrons. The first-order chi connectivity index (χ1) is 6.02. The molecular weight excluding hydrogens is 189 g/mol. The van der Waals surface area contributed by atoms with Gasteiger partial charge < -0.3 is 0 Å². The van der Waals surface area contributed by atoms with E-state index in [0.717, 1.165) is 5.56 Å². The summed E-state index contributed by atoms with van der Waals surface area (Å²) in [5, 5.41) is 0. The third-order valence-corrected chi connectivity index (χ3v) is 2.55. The first-order valence-electron chi connectivity index (χ1n) is 4.09. The average molecular weight is 202 g/mol. The van der Waals surface area contributed by atoms with Crippen LogP contribution in [0, 0.1) is 12.7 Å². The van der Waals surface area contributed by atoms with Gasteiger partial charge in [-0.25, -0.2) is 4.39 Å². The highest BCUT2D eigenvalue weighted by Gasteiger charge is 2.10. The highest BCUT2D eigenvalue weighted by atomic mass is 35.5. The lowest BCUT2D eigenvalue weighted by molar-refractivity contribution is 0.384. The van der Waals surface area contributed by atoms with Gasteiger partial charge in [0.05, 0.1) is 0 Å². The molecule has 1 unspecified atom stereocenters. The Kier molecular flexibility index (Phi) is 3.28. The zero-order chi connectivity index (χ0) is 10.0. The molecule has 0 saturated carbocycles. The molecule has 0 aliphatic heterocycles. The molecule has 0 aliphatic carbocycles. The van der Waals surface area contributed by atoms with Crippen LogP contribution in [0.4, 0.5) is 4.39 Å². The molecule has 0 aliphatic rings. The molecule has 0 aromatic heterocycles. The normalized spacial score (nSPS) is 13.4. The maximum absolute atomic E-state index is 12.9. The van der Waals surface area contributed by atoms with Crippen LogP contribution in [-0.2, 0) is 0 Å². The largest absolute Gasteiger partial charge is 0.290 e. The zero-order valence-electron chi connectivity index (χ0n) is 8.01. The van der Waals surface area contributed by atoms with E-state index in [4.69, 9.17) is 11.6 Å². The lowest BCUT2D eigenvalue weighted by Crippen LogP contribution is -2.14. The minimum absolute atomic E-state index is 0.189. The molecule has 1 aromatic carbocycles. The van der Waals surface area contributed by atoms with Crippen LogP contribution in [0.3, 0.4) is 0 Å². The Balaban J connectivity index is 2.97. The highest BCUT2D eigenvalue weighted by molar-refractivity contribution is 6.20. The van der Waals surface area contributed by atoms with Gasteiger partial charge in [0.1, 0.15) is 11.3 Å². The fourth-order valence-electron chi connectivity index (χ4n) is 1.11. The van der Waals surface area contributed by atoms with Crippen LogP contribution in [-0.4, -0.2) is 19.0 Å². The molecule has 0 N–H and O–H groups in total. The first-order valence-corrected chi connectivity index (χ1v) is 4.52. The monoisotopic (exact) mass is 201 g/mol. The Hall–Kier alpha value is -0.600. The fraction of sp³-hybridized carbons (Fsp3) is 0.400. The number of benzene rings is 1. The summed E-state index contributed by atoms with van der Waals surface area (Å²) in [5.74, 6) is -0.189. The maximum Gasteiger partial charge on any atom is 0.126 e. The van der Waals surface area contributed by atoms with E-state index < -0.39 is 0 Å². The molecule has 0 spiro atoms. The number of rotatable bonds is 2. The summed E-state index contributed by atoms with van der Waals surface area (Å²) >= 11 is 6.07. The van der Waals surface area contributed by atoms with Crippen LogP contribution >= 0.6 is 11.6 Å². The third-order valence-electron chi connectivity index (χ3n) is 1.91. The van der Waals surface area contributed by atoms with E-state index in [2.05, 4.69) is 0 Å². The van der Waals surface area contributed by atoms with Crippen LogP contribution < -0.4 is 0 Å². The minimum Gasteiger partial charge on any atom is -0.290 e. The molecule has 1 nitrogen and oxygen atoms in total. The highest BCUT2D eigenvalue weighted by Crippen LogP contribution is 2.23.